The first-order chi connectivity index (χ1) is 12.7. The highest BCUT2D eigenvalue weighted by Gasteiger charge is 2.24. The lowest BCUT2D eigenvalue weighted by Crippen LogP contribution is -2.49. The molecular formula is C20H28N2O5. The Balaban J connectivity index is 2.66. The number of alkyl carbamates (subject to hydrolysis) is 1. The van der Waals surface area contributed by atoms with Gasteiger partial charge >= 0.3 is 6.09 Å². The third-order valence-corrected chi connectivity index (χ3v) is 3.53. The number of Topliss-reactive ketones (excluding diaryl/α,β-unsaturated/α-hetero) is 1. The number of ether oxygens (including phenoxy) is 1. The zero-order valence-corrected chi connectivity index (χ0v) is 16.1. The van der Waals surface area contributed by atoms with Crippen molar-refractivity contribution < 1.29 is 23.9 Å². The molecule has 0 saturated heterocycles. The van der Waals surface area contributed by atoms with Gasteiger partial charge in [0.25, 0.3) is 0 Å². The van der Waals surface area contributed by atoms with Crippen molar-refractivity contribution in [3.05, 3.63) is 35.9 Å². The fourth-order valence-electron chi connectivity index (χ4n) is 2.30. The van der Waals surface area contributed by atoms with Gasteiger partial charge in [-0.15, -0.1) is 0 Å². The Labute approximate surface area is 159 Å². The first-order valence-electron chi connectivity index (χ1n) is 8.98. The van der Waals surface area contributed by atoms with E-state index in [4.69, 9.17) is 4.74 Å². The van der Waals surface area contributed by atoms with E-state index < -0.39 is 23.6 Å². The van der Waals surface area contributed by atoms with Gasteiger partial charge in [0, 0.05) is 32.2 Å². The second-order valence-electron chi connectivity index (χ2n) is 7.17. The van der Waals surface area contributed by atoms with Gasteiger partial charge in [-0.25, -0.2) is 4.79 Å². The molecule has 0 aromatic heterocycles. The molecule has 1 rings (SSSR count). The van der Waals surface area contributed by atoms with Gasteiger partial charge in [0.1, 0.15) is 23.7 Å². The van der Waals surface area contributed by atoms with Crippen molar-refractivity contribution in [1.82, 2.24) is 10.6 Å². The maximum absolute atomic E-state index is 12.5. The number of carbonyl (C=O) groups is 4. The van der Waals surface area contributed by atoms with Crippen molar-refractivity contribution in [3.8, 4) is 0 Å². The molecule has 1 aromatic rings. The summed E-state index contributed by atoms with van der Waals surface area (Å²) in [6.07, 6.45) is 0.805. The lowest BCUT2D eigenvalue weighted by Gasteiger charge is -2.23. The number of ketones is 1. The second-order valence-corrected chi connectivity index (χ2v) is 7.17. The number of hydrogen-bond donors (Lipinski definition) is 2. The SMILES string of the molecule is CC(C)(C)OC(=O)N[C@@H](Cc1ccccc1)C(=O)NCCC(=O)CCC=O. The van der Waals surface area contributed by atoms with Crippen LogP contribution in [0.3, 0.4) is 0 Å². The highest BCUT2D eigenvalue weighted by molar-refractivity contribution is 5.86. The smallest absolute Gasteiger partial charge is 0.408 e. The molecule has 0 radical (unpaired) electrons. The van der Waals surface area contributed by atoms with Crippen LogP contribution in [0.4, 0.5) is 4.79 Å². The average molecular weight is 376 g/mol. The van der Waals surface area contributed by atoms with E-state index in [-0.39, 0.29) is 31.6 Å². The van der Waals surface area contributed by atoms with E-state index >= 15 is 0 Å². The van der Waals surface area contributed by atoms with Gasteiger partial charge in [-0.05, 0) is 26.3 Å². The number of amides is 2. The molecule has 0 aliphatic heterocycles. The van der Waals surface area contributed by atoms with Gasteiger partial charge in [-0.2, -0.15) is 0 Å². The van der Waals surface area contributed by atoms with Crippen LogP contribution in [0.25, 0.3) is 0 Å². The van der Waals surface area contributed by atoms with E-state index in [2.05, 4.69) is 10.6 Å². The molecule has 1 aromatic carbocycles. The van der Waals surface area contributed by atoms with Crippen molar-refractivity contribution in [2.45, 2.75) is 58.1 Å². The molecule has 0 bridgehead atoms. The maximum atomic E-state index is 12.5. The van der Waals surface area contributed by atoms with E-state index in [1.807, 2.05) is 30.3 Å². The molecule has 2 N–H and O–H groups in total. The quantitative estimate of drug-likeness (QED) is 0.610. The van der Waals surface area contributed by atoms with E-state index in [1.165, 1.54) is 0 Å². The largest absolute Gasteiger partial charge is 0.444 e. The molecule has 0 heterocycles. The summed E-state index contributed by atoms with van der Waals surface area (Å²) in [5.41, 5.74) is 0.207. The average Bonchev–Trinajstić information content (AvgIpc) is 2.58. The minimum atomic E-state index is -0.827. The molecule has 7 nitrogen and oxygen atoms in total. The Hall–Kier alpha value is -2.70. The third kappa shape index (κ3) is 10.1. The zero-order valence-electron chi connectivity index (χ0n) is 16.1. The first kappa shape index (κ1) is 22.3. The standard InChI is InChI=1S/C20H28N2O5/c1-20(2,3)27-19(26)22-17(14-15-8-5-4-6-9-15)18(25)21-12-11-16(24)10-7-13-23/h4-6,8-9,13,17H,7,10-12,14H2,1-3H3,(H,21,25)(H,22,26)/t17-/m0/s1. The summed E-state index contributed by atoms with van der Waals surface area (Å²) in [7, 11) is 0. The molecule has 1 atom stereocenters. The molecule has 27 heavy (non-hydrogen) atoms. The predicted molar refractivity (Wildman–Crippen MR) is 101 cm³/mol. The molecule has 0 spiro atoms. The summed E-state index contributed by atoms with van der Waals surface area (Å²) >= 11 is 0. The van der Waals surface area contributed by atoms with Crippen molar-refractivity contribution in [2.24, 2.45) is 0 Å². The highest BCUT2D eigenvalue weighted by atomic mass is 16.6. The van der Waals surface area contributed by atoms with Crippen LogP contribution >= 0.6 is 0 Å². The van der Waals surface area contributed by atoms with Crippen LogP contribution in [-0.4, -0.2) is 42.3 Å². The molecule has 2 amide bonds. The first-order valence-corrected chi connectivity index (χ1v) is 8.98. The lowest BCUT2D eigenvalue weighted by molar-refractivity contribution is -0.123. The number of hydrogen-bond acceptors (Lipinski definition) is 5. The molecule has 0 unspecified atom stereocenters. The van der Waals surface area contributed by atoms with Gasteiger partial charge in [0.2, 0.25) is 5.91 Å². The van der Waals surface area contributed by atoms with Gasteiger partial charge in [0.05, 0.1) is 0 Å². The maximum Gasteiger partial charge on any atom is 0.408 e. The topological polar surface area (TPSA) is 102 Å². The molecule has 7 heteroatoms. The summed E-state index contributed by atoms with van der Waals surface area (Å²) < 4.78 is 5.23. The van der Waals surface area contributed by atoms with Crippen LogP contribution in [-0.2, 0) is 25.5 Å². The number of nitrogens with one attached hydrogen (secondary N) is 2. The van der Waals surface area contributed by atoms with E-state index in [1.54, 1.807) is 20.8 Å². The Morgan fingerprint density at radius 2 is 1.78 bits per heavy atom. The summed E-state index contributed by atoms with van der Waals surface area (Å²) in [5, 5.41) is 5.25. The highest BCUT2D eigenvalue weighted by Crippen LogP contribution is 2.08. The molecule has 0 saturated carbocycles. The normalized spacial score (nSPS) is 12.0. The Morgan fingerprint density at radius 1 is 1.11 bits per heavy atom. The molecule has 148 valence electrons. The monoisotopic (exact) mass is 376 g/mol. The minimum Gasteiger partial charge on any atom is -0.444 e. The Kier molecular flexibility index (Phi) is 9.19. The van der Waals surface area contributed by atoms with Crippen LogP contribution in [0.2, 0.25) is 0 Å². The van der Waals surface area contributed by atoms with Gasteiger partial charge in [-0.1, -0.05) is 30.3 Å². The van der Waals surface area contributed by atoms with E-state index in [0.29, 0.717) is 12.7 Å². The van der Waals surface area contributed by atoms with Gasteiger partial charge in [-0.3, -0.25) is 9.59 Å². The number of rotatable bonds is 10. The predicted octanol–water partition coefficient (Wildman–Crippen LogP) is 2.18. The Morgan fingerprint density at radius 3 is 2.37 bits per heavy atom. The number of aldehydes is 1. The lowest BCUT2D eigenvalue weighted by atomic mass is 10.1. The molecule has 0 aliphatic rings. The van der Waals surface area contributed by atoms with Crippen LogP contribution in [0.1, 0.15) is 45.6 Å². The van der Waals surface area contributed by atoms with Crippen molar-refractivity contribution in [1.29, 1.82) is 0 Å². The molecule has 0 aliphatic carbocycles. The minimum absolute atomic E-state index is 0.0953. The van der Waals surface area contributed by atoms with E-state index in [9.17, 15) is 19.2 Å². The van der Waals surface area contributed by atoms with Gasteiger partial charge in [0.15, 0.2) is 0 Å². The van der Waals surface area contributed by atoms with Crippen LogP contribution in [0.5, 0.6) is 0 Å². The summed E-state index contributed by atoms with van der Waals surface area (Å²) in [6.45, 7) is 5.37. The molecule has 0 fully saturated rings. The van der Waals surface area contributed by atoms with Gasteiger partial charge < -0.3 is 20.2 Å². The Bertz CT molecular complexity index is 638. The summed E-state index contributed by atoms with van der Waals surface area (Å²) in [6, 6.07) is 8.46. The number of benzene rings is 1. The van der Waals surface area contributed by atoms with E-state index in [0.717, 1.165) is 5.56 Å². The van der Waals surface area contributed by atoms with Crippen LogP contribution in [0, 0.1) is 0 Å². The zero-order chi connectivity index (χ0) is 20.3. The van der Waals surface area contributed by atoms with Crippen molar-refractivity contribution in [3.63, 3.8) is 0 Å². The summed E-state index contributed by atoms with van der Waals surface area (Å²) in [4.78, 5) is 46.4. The van der Waals surface area contributed by atoms with Crippen LogP contribution in [0.15, 0.2) is 30.3 Å². The third-order valence-electron chi connectivity index (χ3n) is 3.53. The molecular weight excluding hydrogens is 348 g/mol. The number of carbonyl (C=O) groups excluding carboxylic acids is 4. The second kappa shape index (κ2) is 11.1. The fourth-order valence-corrected chi connectivity index (χ4v) is 2.30. The summed E-state index contributed by atoms with van der Waals surface area (Å²) in [5.74, 6) is -0.491. The fraction of sp³-hybridized carbons (Fsp3) is 0.500. The van der Waals surface area contributed by atoms with Crippen LogP contribution < -0.4 is 10.6 Å². The van der Waals surface area contributed by atoms with Crippen molar-refractivity contribution in [2.75, 3.05) is 6.54 Å². The van der Waals surface area contributed by atoms with Crippen molar-refractivity contribution >= 4 is 24.1 Å².